The van der Waals surface area contributed by atoms with Crippen LogP contribution in [0.15, 0.2) is 0 Å². The van der Waals surface area contributed by atoms with E-state index >= 15 is 0 Å². The van der Waals surface area contributed by atoms with Crippen LogP contribution < -0.4 is 10.6 Å². The highest BCUT2D eigenvalue weighted by atomic mass is 16.6. The van der Waals surface area contributed by atoms with Crippen LogP contribution in [-0.4, -0.2) is 37.6 Å². The minimum Gasteiger partial charge on any atom is -0.444 e. The van der Waals surface area contributed by atoms with Crippen LogP contribution in [-0.2, 0) is 9.53 Å². The third-order valence-electron chi connectivity index (χ3n) is 3.13. The molecule has 0 aromatic carbocycles. The Kier molecular flexibility index (Phi) is 10.0. The molecule has 0 radical (unpaired) electrons. The summed E-state index contributed by atoms with van der Waals surface area (Å²) in [6.07, 6.45) is 3.87. The highest BCUT2D eigenvalue weighted by Crippen LogP contribution is 2.12. The van der Waals surface area contributed by atoms with Crippen LogP contribution in [0, 0.1) is 5.92 Å². The van der Waals surface area contributed by atoms with Gasteiger partial charge < -0.3 is 15.4 Å². The number of amides is 1. The van der Waals surface area contributed by atoms with Crippen molar-refractivity contribution >= 4 is 11.9 Å². The molecule has 0 saturated heterocycles. The molecule has 0 aliphatic heterocycles. The van der Waals surface area contributed by atoms with Crippen LogP contribution in [0.3, 0.4) is 0 Å². The van der Waals surface area contributed by atoms with Gasteiger partial charge in [0.05, 0.1) is 0 Å². The first-order valence-corrected chi connectivity index (χ1v) is 7.90. The summed E-state index contributed by atoms with van der Waals surface area (Å²) in [6, 6.07) is 0. The normalized spacial score (nSPS) is 12.8. The molecule has 5 heteroatoms. The van der Waals surface area contributed by atoms with Crippen molar-refractivity contribution in [3.05, 3.63) is 0 Å². The molecule has 1 atom stereocenters. The monoisotopic (exact) mass is 300 g/mol. The van der Waals surface area contributed by atoms with E-state index in [2.05, 4.69) is 10.6 Å². The number of rotatable bonds is 10. The van der Waals surface area contributed by atoms with Crippen molar-refractivity contribution in [2.45, 2.75) is 65.4 Å². The molecule has 1 amide bonds. The van der Waals surface area contributed by atoms with Gasteiger partial charge in [0.15, 0.2) is 0 Å². The lowest BCUT2D eigenvalue weighted by molar-refractivity contribution is -0.122. The van der Waals surface area contributed by atoms with Gasteiger partial charge in [-0.3, -0.25) is 4.79 Å². The Bertz CT molecular complexity index is 311. The number of alkyl carbamates (subject to hydrolysis) is 1. The Morgan fingerprint density at radius 1 is 1.10 bits per heavy atom. The first-order chi connectivity index (χ1) is 9.76. The van der Waals surface area contributed by atoms with Crippen molar-refractivity contribution in [1.29, 1.82) is 0 Å². The Morgan fingerprint density at radius 2 is 1.76 bits per heavy atom. The quantitative estimate of drug-likeness (QED) is 0.609. The SMILES string of the molecule is CNCCCC(=O)C(C)CCCCNC(=O)OC(C)(C)C. The predicted octanol–water partition coefficient (Wildman–Crippen LogP) is 2.89. The van der Waals surface area contributed by atoms with Gasteiger partial charge in [0.2, 0.25) is 0 Å². The fourth-order valence-corrected chi connectivity index (χ4v) is 1.93. The number of hydrogen-bond acceptors (Lipinski definition) is 4. The number of hydrogen-bond donors (Lipinski definition) is 2. The van der Waals surface area contributed by atoms with Crippen LogP contribution in [0.5, 0.6) is 0 Å². The van der Waals surface area contributed by atoms with Gasteiger partial charge in [-0.1, -0.05) is 13.3 Å². The summed E-state index contributed by atoms with van der Waals surface area (Å²) in [7, 11) is 1.89. The van der Waals surface area contributed by atoms with Gasteiger partial charge in [-0.2, -0.15) is 0 Å². The summed E-state index contributed by atoms with van der Waals surface area (Å²) >= 11 is 0. The van der Waals surface area contributed by atoms with Crippen molar-refractivity contribution in [2.24, 2.45) is 5.92 Å². The summed E-state index contributed by atoms with van der Waals surface area (Å²) in [5, 5.41) is 5.77. The third kappa shape index (κ3) is 12.4. The minimum atomic E-state index is -0.460. The number of ether oxygens (including phenoxy) is 1. The maximum absolute atomic E-state index is 11.8. The van der Waals surface area contributed by atoms with Crippen LogP contribution >= 0.6 is 0 Å². The largest absolute Gasteiger partial charge is 0.444 e. The van der Waals surface area contributed by atoms with Gasteiger partial charge in [0, 0.05) is 18.9 Å². The third-order valence-corrected chi connectivity index (χ3v) is 3.13. The van der Waals surface area contributed by atoms with Gasteiger partial charge in [-0.25, -0.2) is 4.79 Å². The summed E-state index contributed by atoms with van der Waals surface area (Å²) < 4.78 is 5.15. The highest BCUT2D eigenvalue weighted by Gasteiger charge is 2.15. The molecule has 0 rings (SSSR count). The topological polar surface area (TPSA) is 67.4 Å². The van der Waals surface area contributed by atoms with Gasteiger partial charge in [0.1, 0.15) is 11.4 Å². The first-order valence-electron chi connectivity index (χ1n) is 7.90. The molecule has 0 aromatic heterocycles. The number of nitrogens with one attached hydrogen (secondary N) is 2. The second-order valence-electron chi connectivity index (χ2n) is 6.50. The van der Waals surface area contributed by atoms with Crippen LogP contribution in [0.25, 0.3) is 0 Å². The molecule has 0 aromatic rings. The summed E-state index contributed by atoms with van der Waals surface area (Å²) in [6.45, 7) is 8.99. The van der Waals surface area contributed by atoms with Gasteiger partial charge in [-0.15, -0.1) is 0 Å². The second-order valence-corrected chi connectivity index (χ2v) is 6.50. The molecule has 0 heterocycles. The maximum atomic E-state index is 11.8. The Balaban J connectivity index is 3.62. The molecule has 0 fully saturated rings. The molecule has 0 bridgehead atoms. The molecular weight excluding hydrogens is 268 g/mol. The molecule has 2 N–H and O–H groups in total. The summed E-state index contributed by atoms with van der Waals surface area (Å²) in [5.74, 6) is 0.453. The van der Waals surface area contributed by atoms with Crippen molar-refractivity contribution in [3.63, 3.8) is 0 Å². The predicted molar refractivity (Wildman–Crippen MR) is 85.4 cm³/mol. The standard InChI is InChI=1S/C16H32N2O3/c1-13(14(19)10-8-11-17-5)9-6-7-12-18-15(20)21-16(2,3)4/h13,17H,6-12H2,1-5H3,(H,18,20). The van der Waals surface area contributed by atoms with E-state index in [0.717, 1.165) is 32.2 Å². The van der Waals surface area contributed by atoms with Crippen molar-refractivity contribution in [3.8, 4) is 0 Å². The molecule has 5 nitrogen and oxygen atoms in total. The fourth-order valence-electron chi connectivity index (χ4n) is 1.93. The maximum Gasteiger partial charge on any atom is 0.407 e. The smallest absolute Gasteiger partial charge is 0.407 e. The average molecular weight is 300 g/mol. The molecule has 0 saturated carbocycles. The fraction of sp³-hybridized carbons (Fsp3) is 0.875. The van der Waals surface area contributed by atoms with E-state index < -0.39 is 5.60 Å². The Labute approximate surface area is 129 Å². The van der Waals surface area contributed by atoms with Crippen LogP contribution in [0.4, 0.5) is 4.79 Å². The molecular formula is C16H32N2O3. The van der Waals surface area contributed by atoms with Gasteiger partial charge in [-0.05, 0) is 53.6 Å². The van der Waals surface area contributed by atoms with E-state index in [0.29, 0.717) is 18.7 Å². The lowest BCUT2D eigenvalue weighted by Crippen LogP contribution is -2.33. The number of Topliss-reactive ketones (excluding diaryl/α,β-unsaturated/α-hetero) is 1. The Morgan fingerprint density at radius 3 is 2.33 bits per heavy atom. The summed E-state index contributed by atoms with van der Waals surface area (Å²) in [4.78, 5) is 23.2. The zero-order valence-electron chi connectivity index (χ0n) is 14.3. The van der Waals surface area contributed by atoms with E-state index in [-0.39, 0.29) is 12.0 Å². The molecule has 124 valence electrons. The number of carbonyl (C=O) groups excluding carboxylic acids is 2. The molecule has 21 heavy (non-hydrogen) atoms. The van der Waals surface area contributed by atoms with Crippen molar-refractivity contribution in [2.75, 3.05) is 20.1 Å². The molecule has 0 aliphatic carbocycles. The van der Waals surface area contributed by atoms with Gasteiger partial charge >= 0.3 is 6.09 Å². The van der Waals surface area contributed by atoms with Crippen LogP contribution in [0.1, 0.15) is 59.8 Å². The second kappa shape index (κ2) is 10.6. The minimum absolute atomic E-state index is 0.114. The van der Waals surface area contributed by atoms with E-state index in [1.54, 1.807) is 0 Å². The first kappa shape index (κ1) is 19.9. The van der Waals surface area contributed by atoms with Crippen molar-refractivity contribution < 1.29 is 14.3 Å². The average Bonchev–Trinajstić information content (AvgIpc) is 2.36. The molecule has 1 unspecified atom stereocenters. The highest BCUT2D eigenvalue weighted by molar-refractivity contribution is 5.80. The van der Waals surface area contributed by atoms with E-state index in [4.69, 9.17) is 4.74 Å². The molecule has 0 spiro atoms. The van der Waals surface area contributed by atoms with Crippen LogP contribution in [0.2, 0.25) is 0 Å². The lowest BCUT2D eigenvalue weighted by Gasteiger charge is -2.19. The van der Waals surface area contributed by atoms with E-state index in [9.17, 15) is 9.59 Å². The molecule has 0 aliphatic rings. The number of unbranched alkanes of at least 4 members (excludes halogenated alkanes) is 1. The van der Waals surface area contributed by atoms with E-state index in [1.165, 1.54) is 0 Å². The van der Waals surface area contributed by atoms with Gasteiger partial charge in [0.25, 0.3) is 0 Å². The summed E-state index contributed by atoms with van der Waals surface area (Å²) in [5.41, 5.74) is -0.460. The van der Waals surface area contributed by atoms with Crippen molar-refractivity contribution in [1.82, 2.24) is 10.6 Å². The lowest BCUT2D eigenvalue weighted by atomic mass is 9.96. The Hall–Kier alpha value is -1.10. The van der Waals surface area contributed by atoms with E-state index in [1.807, 2.05) is 34.7 Å². The number of carbonyl (C=O) groups is 2. The number of ketones is 1. The zero-order chi connectivity index (χ0) is 16.3. The zero-order valence-corrected chi connectivity index (χ0v) is 14.3.